The molecule has 0 saturated carbocycles. The van der Waals surface area contributed by atoms with Crippen LogP contribution in [0, 0.1) is 11.3 Å². The third kappa shape index (κ3) is 7.72. The molecular formula is C32H32Cl2N4O5. The third-order valence-electron chi connectivity index (χ3n) is 7.36. The quantitative estimate of drug-likeness (QED) is 0.278. The smallest absolute Gasteiger partial charge is 0.322 e. The van der Waals surface area contributed by atoms with Crippen LogP contribution in [0.15, 0.2) is 72.8 Å². The number of rotatable bonds is 11. The molecule has 0 aromatic heterocycles. The summed E-state index contributed by atoms with van der Waals surface area (Å²) < 4.78 is 6.59. The van der Waals surface area contributed by atoms with E-state index >= 15 is 0 Å². The summed E-state index contributed by atoms with van der Waals surface area (Å²) in [6.45, 7) is 1.60. The molecule has 1 heterocycles. The average Bonchev–Trinajstić information content (AvgIpc) is 3.00. The van der Waals surface area contributed by atoms with Gasteiger partial charge in [-0.25, -0.2) is 0 Å². The summed E-state index contributed by atoms with van der Waals surface area (Å²) in [6.07, 6.45) is -0.602. The van der Waals surface area contributed by atoms with E-state index in [2.05, 4.69) is 11.4 Å². The predicted octanol–water partition coefficient (Wildman–Crippen LogP) is 4.81. The number of hydrogen-bond acceptors (Lipinski definition) is 6. The van der Waals surface area contributed by atoms with Crippen molar-refractivity contribution in [3.63, 3.8) is 0 Å². The Balaban J connectivity index is 1.82. The maximum absolute atomic E-state index is 14.4. The van der Waals surface area contributed by atoms with Crippen LogP contribution in [-0.4, -0.2) is 52.5 Å². The minimum Gasteiger partial charge on any atom is -0.480 e. The molecule has 0 bridgehead atoms. The Kier molecular flexibility index (Phi) is 10.8. The van der Waals surface area contributed by atoms with Crippen molar-refractivity contribution in [2.75, 3.05) is 6.54 Å². The molecule has 2 amide bonds. The van der Waals surface area contributed by atoms with Gasteiger partial charge in [0.25, 0.3) is 5.91 Å². The van der Waals surface area contributed by atoms with Crippen LogP contribution >= 0.6 is 23.2 Å². The second-order valence-electron chi connectivity index (χ2n) is 10.3. The van der Waals surface area contributed by atoms with Crippen LogP contribution in [0.1, 0.15) is 54.2 Å². The lowest BCUT2D eigenvalue weighted by Gasteiger charge is -2.47. The second-order valence-corrected chi connectivity index (χ2v) is 11.2. The first-order valence-electron chi connectivity index (χ1n) is 13.9. The fourth-order valence-electron chi connectivity index (χ4n) is 5.17. The molecule has 1 aliphatic rings. The van der Waals surface area contributed by atoms with Crippen molar-refractivity contribution in [1.82, 2.24) is 10.2 Å². The summed E-state index contributed by atoms with van der Waals surface area (Å²) >= 11 is 12.4. The number of aliphatic carboxylic acids is 1. The zero-order valence-corrected chi connectivity index (χ0v) is 25.0. The zero-order chi connectivity index (χ0) is 31.1. The fourth-order valence-corrected chi connectivity index (χ4v) is 5.42. The van der Waals surface area contributed by atoms with Crippen LogP contribution in [0.3, 0.4) is 0 Å². The number of ether oxygens (including phenoxy) is 1. The first kappa shape index (κ1) is 32.0. The minimum atomic E-state index is -1.30. The lowest BCUT2D eigenvalue weighted by atomic mass is 9.88. The van der Waals surface area contributed by atoms with Gasteiger partial charge in [-0.2, -0.15) is 5.26 Å². The minimum absolute atomic E-state index is 0.197. The van der Waals surface area contributed by atoms with Gasteiger partial charge in [-0.05, 0) is 59.5 Å². The zero-order valence-electron chi connectivity index (χ0n) is 23.5. The van der Waals surface area contributed by atoms with Crippen molar-refractivity contribution >= 4 is 41.0 Å². The summed E-state index contributed by atoms with van der Waals surface area (Å²) in [7, 11) is 0. The molecule has 9 nitrogen and oxygen atoms in total. The van der Waals surface area contributed by atoms with Crippen LogP contribution in [0.5, 0.6) is 0 Å². The van der Waals surface area contributed by atoms with Crippen LogP contribution in [0.2, 0.25) is 10.0 Å². The van der Waals surface area contributed by atoms with Crippen LogP contribution < -0.4 is 11.1 Å². The highest BCUT2D eigenvalue weighted by atomic mass is 35.5. The number of amides is 2. The topological polar surface area (TPSA) is 146 Å². The molecule has 0 aliphatic carbocycles. The Hall–Kier alpha value is -3.94. The summed E-state index contributed by atoms with van der Waals surface area (Å²) in [4.78, 5) is 41.0. The molecule has 4 N–H and O–H groups in total. The van der Waals surface area contributed by atoms with Crippen molar-refractivity contribution in [2.45, 2.75) is 56.5 Å². The lowest BCUT2D eigenvalue weighted by molar-refractivity contribution is -0.181. The monoisotopic (exact) mass is 622 g/mol. The van der Waals surface area contributed by atoms with Gasteiger partial charge in [0, 0.05) is 23.0 Å². The van der Waals surface area contributed by atoms with Gasteiger partial charge in [-0.15, -0.1) is 0 Å². The van der Waals surface area contributed by atoms with Gasteiger partial charge >= 0.3 is 5.97 Å². The Morgan fingerprint density at radius 1 is 1.02 bits per heavy atom. The number of carbonyl (C=O) groups is 3. The molecule has 0 unspecified atom stereocenters. The number of morpholine rings is 1. The van der Waals surface area contributed by atoms with E-state index < -0.39 is 48.1 Å². The number of carboxylic acids is 1. The molecule has 1 saturated heterocycles. The number of carbonyl (C=O) groups excluding carboxylic acids is 2. The van der Waals surface area contributed by atoms with E-state index in [-0.39, 0.29) is 13.0 Å². The lowest BCUT2D eigenvalue weighted by Crippen LogP contribution is -2.59. The molecule has 1 aliphatic heterocycles. The van der Waals surface area contributed by atoms with Gasteiger partial charge in [-0.1, -0.05) is 72.9 Å². The number of nitriles is 1. The Morgan fingerprint density at radius 2 is 1.60 bits per heavy atom. The predicted molar refractivity (Wildman–Crippen MR) is 162 cm³/mol. The summed E-state index contributed by atoms with van der Waals surface area (Å²) in [5, 5.41) is 22.1. The summed E-state index contributed by atoms with van der Waals surface area (Å²) in [5.41, 5.74) is 8.37. The van der Waals surface area contributed by atoms with E-state index in [1.54, 1.807) is 65.6 Å². The number of nitrogens with one attached hydrogen (secondary N) is 1. The van der Waals surface area contributed by atoms with Crippen LogP contribution in [0.25, 0.3) is 0 Å². The van der Waals surface area contributed by atoms with Gasteiger partial charge in [0.1, 0.15) is 24.3 Å². The average molecular weight is 624 g/mol. The Labute approximate surface area is 260 Å². The SMILES string of the molecule is CCC[C@H](C(=O)NC[C@@H](N)C(=O)O)N1C(=O)[C@H](Cc2ccc(C#N)cc2)O[C@@H](c2ccc(Cl)cc2)[C@H]1c1ccc(Cl)cc1. The van der Waals surface area contributed by atoms with E-state index in [1.807, 2.05) is 19.1 Å². The Bertz CT molecular complexity index is 1480. The van der Waals surface area contributed by atoms with E-state index in [1.165, 1.54) is 0 Å². The number of nitrogens with zero attached hydrogens (tertiary/aromatic N) is 2. The number of hydrogen-bond donors (Lipinski definition) is 3. The van der Waals surface area contributed by atoms with Crippen LogP contribution in [0.4, 0.5) is 0 Å². The first-order valence-corrected chi connectivity index (χ1v) is 14.6. The van der Waals surface area contributed by atoms with Gasteiger partial charge < -0.3 is 25.8 Å². The van der Waals surface area contributed by atoms with Gasteiger partial charge in [0.15, 0.2) is 0 Å². The summed E-state index contributed by atoms with van der Waals surface area (Å²) in [6, 6.07) is 20.1. The number of halogens is 2. The van der Waals surface area contributed by atoms with Crippen molar-refractivity contribution in [3.05, 3.63) is 105 Å². The van der Waals surface area contributed by atoms with Crippen molar-refractivity contribution in [3.8, 4) is 6.07 Å². The molecule has 11 heteroatoms. The van der Waals surface area contributed by atoms with Gasteiger partial charge in [0.05, 0.1) is 17.7 Å². The molecule has 224 valence electrons. The second kappa shape index (κ2) is 14.5. The highest BCUT2D eigenvalue weighted by molar-refractivity contribution is 6.30. The fraction of sp³-hybridized carbons (Fsp3) is 0.312. The molecule has 5 atom stereocenters. The van der Waals surface area contributed by atoms with E-state index in [0.29, 0.717) is 34.0 Å². The molecule has 3 aromatic carbocycles. The normalized spacial score (nSPS) is 19.7. The molecule has 43 heavy (non-hydrogen) atoms. The largest absolute Gasteiger partial charge is 0.480 e. The van der Waals surface area contributed by atoms with E-state index in [9.17, 15) is 24.8 Å². The molecule has 3 aromatic rings. The number of benzene rings is 3. The molecule has 0 radical (unpaired) electrons. The number of carboxylic acid groups (broad SMARTS) is 1. The van der Waals surface area contributed by atoms with E-state index in [4.69, 9.17) is 33.7 Å². The Morgan fingerprint density at radius 3 is 2.14 bits per heavy atom. The maximum atomic E-state index is 14.4. The van der Waals surface area contributed by atoms with E-state index in [0.717, 1.165) is 11.1 Å². The number of nitrogens with two attached hydrogens (primary N) is 1. The summed E-state index contributed by atoms with van der Waals surface area (Å²) in [5.74, 6) is -2.16. The van der Waals surface area contributed by atoms with Gasteiger partial charge in [0.2, 0.25) is 5.91 Å². The highest BCUT2D eigenvalue weighted by Gasteiger charge is 2.48. The maximum Gasteiger partial charge on any atom is 0.322 e. The standard InChI is InChI=1S/C32H32Cl2N4O5/c1-2-3-26(30(39)37-18-25(36)32(41)42)38-28(21-8-12-23(33)13-9-21)29(22-10-14-24(34)15-11-22)43-27(31(38)40)16-19-4-6-20(17-35)7-5-19/h4-15,25-29H,2-3,16,18,36H2,1H3,(H,37,39)(H,41,42)/t25-,26-,27+,28-,29+/m1/s1. The van der Waals surface area contributed by atoms with Crippen molar-refractivity contribution < 1.29 is 24.2 Å². The molecule has 0 spiro atoms. The van der Waals surface area contributed by atoms with Crippen molar-refractivity contribution in [1.29, 1.82) is 5.26 Å². The van der Waals surface area contributed by atoms with Gasteiger partial charge in [-0.3, -0.25) is 14.4 Å². The molecule has 4 rings (SSSR count). The molecule has 1 fully saturated rings. The van der Waals surface area contributed by atoms with Crippen molar-refractivity contribution in [2.24, 2.45) is 5.73 Å². The van der Waals surface area contributed by atoms with Crippen LogP contribution in [-0.2, 0) is 25.5 Å². The first-order chi connectivity index (χ1) is 20.6. The third-order valence-corrected chi connectivity index (χ3v) is 7.86. The highest BCUT2D eigenvalue weighted by Crippen LogP contribution is 2.44. The molecular weight excluding hydrogens is 591 g/mol.